The maximum absolute atomic E-state index is 12.1. The van der Waals surface area contributed by atoms with E-state index >= 15 is 0 Å². The van der Waals surface area contributed by atoms with Crippen molar-refractivity contribution in [2.24, 2.45) is 0 Å². The number of ether oxygens (including phenoxy) is 1. The lowest BCUT2D eigenvalue weighted by Crippen LogP contribution is -2.00. The lowest BCUT2D eigenvalue weighted by molar-refractivity contribution is 0.0979. The number of unbranched alkanes of at least 4 members (excludes halogenated alkanes) is 7. The first-order chi connectivity index (χ1) is 10.2. The maximum atomic E-state index is 12.1. The Morgan fingerprint density at radius 2 is 1.62 bits per heavy atom. The molecule has 0 aliphatic heterocycles. The molecule has 2 heteroatoms. The van der Waals surface area contributed by atoms with E-state index in [1.54, 1.807) is 7.11 Å². The summed E-state index contributed by atoms with van der Waals surface area (Å²) in [6, 6.07) is 5.70. The van der Waals surface area contributed by atoms with Crippen LogP contribution in [0.2, 0.25) is 0 Å². The van der Waals surface area contributed by atoms with Crippen LogP contribution in [0.3, 0.4) is 0 Å². The van der Waals surface area contributed by atoms with Crippen LogP contribution in [0.1, 0.15) is 80.6 Å². The second-order valence-corrected chi connectivity index (χ2v) is 5.83. The second-order valence-electron chi connectivity index (χ2n) is 5.83. The first-order valence-electron chi connectivity index (χ1n) is 8.37. The largest absolute Gasteiger partial charge is 0.496 e. The topological polar surface area (TPSA) is 26.3 Å². The van der Waals surface area contributed by atoms with Crippen molar-refractivity contribution in [3.63, 3.8) is 0 Å². The van der Waals surface area contributed by atoms with Crippen molar-refractivity contribution in [2.75, 3.05) is 7.11 Å². The predicted molar refractivity (Wildman–Crippen MR) is 89.3 cm³/mol. The van der Waals surface area contributed by atoms with Crippen molar-refractivity contribution in [1.82, 2.24) is 0 Å². The predicted octanol–water partition coefficient (Wildman–Crippen LogP) is 5.72. The SMILES string of the molecule is CCCCCCCCCCC(=O)c1ccc(OC)c(C)c1. The number of carbonyl (C=O) groups excluding carboxylic acids is 1. The quantitative estimate of drug-likeness (QED) is 0.385. The summed E-state index contributed by atoms with van der Waals surface area (Å²) >= 11 is 0. The number of methoxy groups -OCH3 is 1. The normalized spacial score (nSPS) is 10.6. The highest BCUT2D eigenvalue weighted by atomic mass is 16.5. The molecule has 2 nitrogen and oxygen atoms in total. The molecule has 0 bridgehead atoms. The number of carbonyl (C=O) groups is 1. The van der Waals surface area contributed by atoms with Crippen LogP contribution in [0.4, 0.5) is 0 Å². The van der Waals surface area contributed by atoms with E-state index in [4.69, 9.17) is 4.74 Å². The molecule has 0 saturated carbocycles. The average Bonchev–Trinajstić information content (AvgIpc) is 2.49. The molecule has 0 amide bonds. The smallest absolute Gasteiger partial charge is 0.162 e. The number of hydrogen-bond acceptors (Lipinski definition) is 2. The molecule has 1 rings (SSSR count). The zero-order chi connectivity index (χ0) is 15.5. The number of Topliss-reactive ketones (excluding diaryl/α,β-unsaturated/α-hetero) is 1. The highest BCUT2D eigenvalue weighted by molar-refractivity contribution is 5.96. The minimum Gasteiger partial charge on any atom is -0.496 e. The molecule has 21 heavy (non-hydrogen) atoms. The van der Waals surface area contributed by atoms with Crippen LogP contribution < -0.4 is 4.74 Å². The Morgan fingerprint density at radius 1 is 1.00 bits per heavy atom. The Morgan fingerprint density at radius 3 is 2.19 bits per heavy atom. The molecule has 0 radical (unpaired) electrons. The third-order valence-electron chi connectivity index (χ3n) is 3.97. The van der Waals surface area contributed by atoms with Gasteiger partial charge >= 0.3 is 0 Å². The first-order valence-corrected chi connectivity index (χ1v) is 8.37. The zero-order valence-corrected chi connectivity index (χ0v) is 13.9. The summed E-state index contributed by atoms with van der Waals surface area (Å²) in [4.78, 5) is 12.1. The van der Waals surface area contributed by atoms with Crippen molar-refractivity contribution in [2.45, 2.75) is 71.6 Å². The van der Waals surface area contributed by atoms with Crippen LogP contribution in [0.15, 0.2) is 18.2 Å². The van der Waals surface area contributed by atoms with Gasteiger partial charge in [0, 0.05) is 12.0 Å². The number of rotatable bonds is 11. The summed E-state index contributed by atoms with van der Waals surface area (Å²) in [5.74, 6) is 1.10. The molecular weight excluding hydrogens is 260 g/mol. The van der Waals surface area contributed by atoms with Gasteiger partial charge in [0.15, 0.2) is 5.78 Å². The van der Waals surface area contributed by atoms with Crippen molar-refractivity contribution < 1.29 is 9.53 Å². The van der Waals surface area contributed by atoms with Crippen molar-refractivity contribution in [3.8, 4) is 5.75 Å². The lowest BCUT2D eigenvalue weighted by atomic mass is 10.0. The third kappa shape index (κ3) is 6.79. The van der Waals surface area contributed by atoms with Crippen LogP contribution in [0.5, 0.6) is 5.75 Å². The number of aryl methyl sites for hydroxylation is 1. The molecule has 0 fully saturated rings. The monoisotopic (exact) mass is 290 g/mol. The third-order valence-corrected chi connectivity index (χ3v) is 3.97. The fourth-order valence-corrected chi connectivity index (χ4v) is 2.62. The van der Waals surface area contributed by atoms with E-state index in [0.29, 0.717) is 6.42 Å². The summed E-state index contributed by atoms with van der Waals surface area (Å²) in [5.41, 5.74) is 1.84. The minimum atomic E-state index is 0.256. The minimum absolute atomic E-state index is 0.256. The highest BCUT2D eigenvalue weighted by Gasteiger charge is 2.07. The van der Waals surface area contributed by atoms with Crippen LogP contribution in [0.25, 0.3) is 0 Å². The highest BCUT2D eigenvalue weighted by Crippen LogP contribution is 2.20. The molecule has 0 aliphatic carbocycles. The molecule has 1 aromatic rings. The molecule has 118 valence electrons. The van der Waals surface area contributed by atoms with Crippen LogP contribution >= 0.6 is 0 Å². The summed E-state index contributed by atoms with van der Waals surface area (Å²) < 4.78 is 5.22. The number of benzene rings is 1. The molecule has 0 spiro atoms. The van der Waals surface area contributed by atoms with E-state index in [1.165, 1.54) is 44.9 Å². The summed E-state index contributed by atoms with van der Waals surface area (Å²) in [6.07, 6.45) is 10.8. The molecule has 1 aromatic carbocycles. The van der Waals surface area contributed by atoms with Gasteiger partial charge in [0.1, 0.15) is 5.75 Å². The molecule has 0 saturated heterocycles. The molecule has 0 N–H and O–H groups in total. The van der Waals surface area contributed by atoms with Crippen LogP contribution in [-0.2, 0) is 0 Å². The van der Waals surface area contributed by atoms with Crippen LogP contribution in [-0.4, -0.2) is 12.9 Å². The van der Waals surface area contributed by atoms with Crippen LogP contribution in [0, 0.1) is 6.92 Å². The fourth-order valence-electron chi connectivity index (χ4n) is 2.62. The van der Waals surface area contributed by atoms with Crippen molar-refractivity contribution >= 4 is 5.78 Å². The van der Waals surface area contributed by atoms with Gasteiger partial charge in [0.25, 0.3) is 0 Å². The Kier molecular flexibility index (Phi) is 8.80. The molecule has 0 atom stereocenters. The lowest BCUT2D eigenvalue weighted by Gasteiger charge is -2.07. The van der Waals surface area contributed by atoms with E-state index in [9.17, 15) is 4.79 Å². The summed E-state index contributed by atoms with van der Waals surface area (Å²) in [5, 5.41) is 0. The van der Waals surface area contributed by atoms with Gasteiger partial charge in [-0.25, -0.2) is 0 Å². The van der Waals surface area contributed by atoms with Gasteiger partial charge in [-0.05, 0) is 37.1 Å². The van der Waals surface area contributed by atoms with E-state index in [2.05, 4.69) is 6.92 Å². The second kappa shape index (κ2) is 10.4. The number of ketones is 1. The maximum Gasteiger partial charge on any atom is 0.162 e. The van der Waals surface area contributed by atoms with Gasteiger partial charge in [-0.3, -0.25) is 4.79 Å². The van der Waals surface area contributed by atoms with Crippen molar-refractivity contribution in [3.05, 3.63) is 29.3 Å². The van der Waals surface area contributed by atoms with E-state index in [-0.39, 0.29) is 5.78 Å². The first kappa shape index (κ1) is 17.7. The Balaban J connectivity index is 2.20. The zero-order valence-electron chi connectivity index (χ0n) is 13.9. The molecule has 0 aliphatic rings. The van der Waals surface area contributed by atoms with E-state index in [1.807, 2.05) is 25.1 Å². The van der Waals surface area contributed by atoms with Gasteiger partial charge in [-0.1, -0.05) is 51.9 Å². The number of hydrogen-bond donors (Lipinski definition) is 0. The Hall–Kier alpha value is -1.31. The van der Waals surface area contributed by atoms with E-state index in [0.717, 1.165) is 23.3 Å². The molecule has 0 aromatic heterocycles. The van der Waals surface area contributed by atoms with Crippen molar-refractivity contribution in [1.29, 1.82) is 0 Å². The average molecular weight is 290 g/mol. The Bertz CT molecular complexity index is 424. The molecule has 0 unspecified atom stereocenters. The van der Waals surface area contributed by atoms with E-state index < -0.39 is 0 Å². The summed E-state index contributed by atoms with van der Waals surface area (Å²) in [6.45, 7) is 4.22. The van der Waals surface area contributed by atoms with Gasteiger partial charge in [-0.15, -0.1) is 0 Å². The molecular formula is C19H30O2. The molecule has 0 heterocycles. The van der Waals surface area contributed by atoms with Gasteiger partial charge in [-0.2, -0.15) is 0 Å². The standard InChI is InChI=1S/C19H30O2/c1-4-5-6-7-8-9-10-11-12-18(20)17-13-14-19(21-3)16(2)15-17/h13-15H,4-12H2,1-3H3. The Labute approximate surface area is 129 Å². The van der Waals surface area contributed by atoms with Gasteiger partial charge in [0.05, 0.1) is 7.11 Å². The van der Waals surface area contributed by atoms with Gasteiger partial charge < -0.3 is 4.74 Å². The summed E-state index contributed by atoms with van der Waals surface area (Å²) in [7, 11) is 1.66. The van der Waals surface area contributed by atoms with Gasteiger partial charge in [0.2, 0.25) is 0 Å². The fraction of sp³-hybridized carbons (Fsp3) is 0.632.